The highest BCUT2D eigenvalue weighted by Crippen LogP contribution is 2.25. The molecule has 2 heterocycles. The van der Waals surface area contributed by atoms with E-state index in [-0.39, 0.29) is 5.57 Å². The zero-order valence-corrected chi connectivity index (χ0v) is 15.3. The number of cyclic esters (lactones) is 2. The van der Waals surface area contributed by atoms with Crippen LogP contribution in [0.4, 0.5) is 5.69 Å². The molecule has 3 rings (SSSR count). The molecule has 1 N–H and O–H groups in total. The highest BCUT2D eigenvalue weighted by atomic mass is 16.7. The van der Waals surface area contributed by atoms with Gasteiger partial charge in [0.15, 0.2) is 5.57 Å². The van der Waals surface area contributed by atoms with Crippen LogP contribution < -0.4 is 5.32 Å². The van der Waals surface area contributed by atoms with Gasteiger partial charge in [-0.05, 0) is 31.2 Å². The number of benzene rings is 1. The highest BCUT2D eigenvalue weighted by Gasteiger charge is 2.38. The number of hydrogen-bond donors (Lipinski definition) is 1. The minimum absolute atomic E-state index is 0.168. The number of aryl methyl sites for hydroxylation is 1. The molecule has 1 aliphatic rings. The molecule has 7 nitrogen and oxygen atoms in total. The SMILES string of the molecule is COCCn1c(C)cc2cc(NC=C3C(=O)OC(C)(C)OC3=O)ccc21. The molecule has 0 amide bonds. The Morgan fingerprint density at radius 2 is 1.88 bits per heavy atom. The summed E-state index contributed by atoms with van der Waals surface area (Å²) in [5.41, 5.74) is 2.81. The summed E-state index contributed by atoms with van der Waals surface area (Å²) >= 11 is 0. The Morgan fingerprint density at radius 3 is 2.54 bits per heavy atom. The predicted molar refractivity (Wildman–Crippen MR) is 96.5 cm³/mol. The number of esters is 2. The summed E-state index contributed by atoms with van der Waals surface area (Å²) in [5.74, 6) is -2.66. The first kappa shape index (κ1) is 18.0. The molecule has 1 aromatic heterocycles. The number of anilines is 1. The van der Waals surface area contributed by atoms with E-state index >= 15 is 0 Å². The van der Waals surface area contributed by atoms with Gasteiger partial charge in [-0.1, -0.05) is 0 Å². The average Bonchev–Trinajstić information content (AvgIpc) is 2.85. The highest BCUT2D eigenvalue weighted by molar-refractivity contribution is 6.15. The molecule has 1 aliphatic heterocycles. The molecule has 7 heteroatoms. The summed E-state index contributed by atoms with van der Waals surface area (Å²) in [6.45, 7) is 6.48. The van der Waals surface area contributed by atoms with Crippen molar-refractivity contribution in [3.8, 4) is 0 Å². The van der Waals surface area contributed by atoms with Crippen molar-refractivity contribution in [2.24, 2.45) is 0 Å². The van der Waals surface area contributed by atoms with Gasteiger partial charge >= 0.3 is 11.9 Å². The lowest BCUT2D eigenvalue weighted by molar-refractivity contribution is -0.222. The van der Waals surface area contributed by atoms with Crippen molar-refractivity contribution < 1.29 is 23.8 Å². The number of rotatable bonds is 5. The number of carbonyl (C=O) groups is 2. The zero-order valence-electron chi connectivity index (χ0n) is 15.3. The second kappa shape index (κ2) is 6.84. The average molecular weight is 358 g/mol. The van der Waals surface area contributed by atoms with E-state index in [1.54, 1.807) is 7.11 Å². The van der Waals surface area contributed by atoms with Crippen molar-refractivity contribution in [3.05, 3.63) is 41.7 Å². The van der Waals surface area contributed by atoms with Gasteiger partial charge in [0.05, 0.1) is 6.61 Å². The number of aromatic nitrogens is 1. The fraction of sp³-hybridized carbons (Fsp3) is 0.368. The van der Waals surface area contributed by atoms with Crippen LogP contribution in [0.2, 0.25) is 0 Å². The smallest absolute Gasteiger partial charge is 0.350 e. The maximum atomic E-state index is 12.0. The van der Waals surface area contributed by atoms with Crippen molar-refractivity contribution in [2.45, 2.75) is 33.1 Å². The summed E-state index contributed by atoms with van der Waals surface area (Å²) in [6, 6.07) is 7.89. The first-order valence-electron chi connectivity index (χ1n) is 8.33. The summed E-state index contributed by atoms with van der Waals surface area (Å²) in [5, 5.41) is 4.02. The van der Waals surface area contributed by atoms with Crippen LogP contribution in [0.25, 0.3) is 10.9 Å². The van der Waals surface area contributed by atoms with Crippen molar-refractivity contribution in [1.82, 2.24) is 4.57 Å². The van der Waals surface area contributed by atoms with Gasteiger partial charge in [0.25, 0.3) is 5.79 Å². The van der Waals surface area contributed by atoms with Gasteiger partial charge in [0, 0.05) is 56.0 Å². The summed E-state index contributed by atoms with van der Waals surface area (Å²) in [4.78, 5) is 23.9. The van der Waals surface area contributed by atoms with E-state index in [2.05, 4.69) is 16.0 Å². The summed E-state index contributed by atoms with van der Waals surface area (Å²) in [6.07, 6.45) is 1.32. The number of nitrogens with zero attached hydrogens (tertiary/aromatic N) is 1. The van der Waals surface area contributed by atoms with Crippen molar-refractivity contribution in [2.75, 3.05) is 19.0 Å². The van der Waals surface area contributed by atoms with E-state index < -0.39 is 17.7 Å². The van der Waals surface area contributed by atoms with Crippen LogP contribution in [-0.4, -0.2) is 36.0 Å². The van der Waals surface area contributed by atoms with Gasteiger partial charge < -0.3 is 24.1 Å². The fourth-order valence-electron chi connectivity index (χ4n) is 2.91. The fourth-order valence-corrected chi connectivity index (χ4v) is 2.91. The lowest BCUT2D eigenvalue weighted by atomic mass is 10.2. The molecule has 0 spiro atoms. The first-order chi connectivity index (χ1) is 12.3. The summed E-state index contributed by atoms with van der Waals surface area (Å²) in [7, 11) is 1.68. The molecular formula is C19H22N2O5. The number of hydrogen-bond acceptors (Lipinski definition) is 6. The van der Waals surface area contributed by atoms with E-state index in [0.29, 0.717) is 6.61 Å². The normalized spacial score (nSPS) is 16.4. The molecule has 0 aliphatic carbocycles. The molecule has 0 atom stereocenters. The maximum absolute atomic E-state index is 12.0. The number of carbonyl (C=O) groups excluding carboxylic acids is 2. The molecule has 0 unspecified atom stereocenters. The molecular weight excluding hydrogens is 336 g/mol. The molecule has 1 fully saturated rings. The van der Waals surface area contributed by atoms with Crippen LogP contribution >= 0.6 is 0 Å². The first-order valence-corrected chi connectivity index (χ1v) is 8.33. The van der Waals surface area contributed by atoms with E-state index in [1.165, 1.54) is 20.0 Å². The Morgan fingerprint density at radius 1 is 1.19 bits per heavy atom. The van der Waals surface area contributed by atoms with Crippen LogP contribution in [-0.2, 0) is 30.3 Å². The van der Waals surface area contributed by atoms with Crippen molar-refractivity contribution >= 4 is 28.5 Å². The number of fused-ring (bicyclic) bond motifs is 1. The number of methoxy groups -OCH3 is 1. The van der Waals surface area contributed by atoms with E-state index in [9.17, 15) is 9.59 Å². The van der Waals surface area contributed by atoms with E-state index in [0.717, 1.165) is 28.8 Å². The molecule has 0 bridgehead atoms. The lowest BCUT2D eigenvalue weighted by Crippen LogP contribution is -2.42. The maximum Gasteiger partial charge on any atom is 0.350 e. The monoisotopic (exact) mass is 358 g/mol. The van der Waals surface area contributed by atoms with Gasteiger partial charge in [-0.2, -0.15) is 0 Å². The Kier molecular flexibility index (Phi) is 4.73. The van der Waals surface area contributed by atoms with E-state index in [1.807, 2.05) is 25.1 Å². The number of ether oxygens (including phenoxy) is 3. The van der Waals surface area contributed by atoms with Gasteiger partial charge in [-0.15, -0.1) is 0 Å². The Hall–Kier alpha value is -2.80. The molecule has 138 valence electrons. The molecule has 1 saturated heterocycles. The molecule has 1 aromatic carbocycles. The number of nitrogens with one attached hydrogen (secondary N) is 1. The minimum Gasteiger partial charge on any atom is -0.419 e. The van der Waals surface area contributed by atoms with Crippen LogP contribution in [0, 0.1) is 6.92 Å². The van der Waals surface area contributed by atoms with Gasteiger partial charge in [-0.25, -0.2) is 9.59 Å². The van der Waals surface area contributed by atoms with Crippen molar-refractivity contribution in [1.29, 1.82) is 0 Å². The Bertz CT molecular complexity index is 873. The van der Waals surface area contributed by atoms with Crippen LogP contribution in [0.15, 0.2) is 36.0 Å². The second-order valence-electron chi connectivity index (χ2n) is 6.58. The Labute approximate surface area is 151 Å². The molecule has 0 radical (unpaired) electrons. The van der Waals surface area contributed by atoms with Gasteiger partial charge in [0.1, 0.15) is 0 Å². The van der Waals surface area contributed by atoms with E-state index in [4.69, 9.17) is 14.2 Å². The third kappa shape index (κ3) is 3.57. The van der Waals surface area contributed by atoms with Crippen LogP contribution in [0.3, 0.4) is 0 Å². The topological polar surface area (TPSA) is 78.8 Å². The quantitative estimate of drug-likeness (QED) is 0.503. The summed E-state index contributed by atoms with van der Waals surface area (Å²) < 4.78 is 17.5. The standard InChI is InChI=1S/C19H22N2O5/c1-12-9-13-10-14(5-6-16(13)21(12)7-8-24-4)20-11-15-17(22)25-19(2,3)26-18(15)23/h5-6,9-11,20H,7-8H2,1-4H3. The minimum atomic E-state index is -1.24. The largest absolute Gasteiger partial charge is 0.419 e. The van der Waals surface area contributed by atoms with Crippen molar-refractivity contribution in [3.63, 3.8) is 0 Å². The predicted octanol–water partition coefficient (Wildman–Crippen LogP) is 2.73. The molecule has 2 aromatic rings. The van der Waals surface area contributed by atoms with Crippen LogP contribution in [0.5, 0.6) is 0 Å². The van der Waals surface area contributed by atoms with Crippen LogP contribution in [0.1, 0.15) is 19.5 Å². The van der Waals surface area contributed by atoms with Gasteiger partial charge in [-0.3, -0.25) is 0 Å². The third-order valence-corrected chi connectivity index (χ3v) is 4.13. The molecule has 26 heavy (non-hydrogen) atoms. The Balaban J connectivity index is 1.81. The second-order valence-corrected chi connectivity index (χ2v) is 6.58. The van der Waals surface area contributed by atoms with Gasteiger partial charge in [0.2, 0.25) is 0 Å². The third-order valence-electron chi connectivity index (χ3n) is 4.13. The molecule has 0 saturated carbocycles. The zero-order chi connectivity index (χ0) is 18.9. The lowest BCUT2D eigenvalue weighted by Gasteiger charge is -2.29.